The number of hydrogen-bond acceptors (Lipinski definition) is 3. The first-order valence-electron chi connectivity index (χ1n) is 5.15. The van der Waals surface area contributed by atoms with E-state index in [0.717, 1.165) is 4.47 Å². The van der Waals surface area contributed by atoms with E-state index in [-0.39, 0.29) is 0 Å². The predicted molar refractivity (Wildman–Crippen MR) is 70.6 cm³/mol. The summed E-state index contributed by atoms with van der Waals surface area (Å²) in [6, 6.07) is 5.29. The quantitative estimate of drug-likeness (QED) is 0.903. The standard InChI is InChI=1S/C12H16BrNO3/c1-12(2,3)17-11(15)14-9-5-8(13)6-10(7-9)16-4/h5-7H,1-4H3,(H,14,15). The minimum Gasteiger partial charge on any atom is -0.497 e. The maximum atomic E-state index is 11.5. The molecule has 0 aliphatic rings. The van der Waals surface area contributed by atoms with Crippen LogP contribution in [0.25, 0.3) is 0 Å². The number of carbonyl (C=O) groups excluding carboxylic acids is 1. The average molecular weight is 302 g/mol. The molecule has 17 heavy (non-hydrogen) atoms. The van der Waals surface area contributed by atoms with Crippen molar-refractivity contribution in [1.29, 1.82) is 0 Å². The number of methoxy groups -OCH3 is 1. The Morgan fingerprint density at radius 3 is 2.47 bits per heavy atom. The number of carbonyl (C=O) groups is 1. The lowest BCUT2D eigenvalue weighted by atomic mass is 10.2. The first kappa shape index (κ1) is 13.8. The Morgan fingerprint density at radius 2 is 1.94 bits per heavy atom. The van der Waals surface area contributed by atoms with Crippen LogP contribution < -0.4 is 10.1 Å². The summed E-state index contributed by atoms with van der Waals surface area (Å²) < 4.78 is 11.1. The largest absolute Gasteiger partial charge is 0.497 e. The summed E-state index contributed by atoms with van der Waals surface area (Å²) in [5, 5.41) is 2.64. The highest BCUT2D eigenvalue weighted by molar-refractivity contribution is 9.10. The second-order valence-corrected chi connectivity index (χ2v) is 5.42. The molecule has 4 nitrogen and oxygen atoms in total. The van der Waals surface area contributed by atoms with Crippen LogP contribution >= 0.6 is 15.9 Å². The molecule has 0 aromatic heterocycles. The fourth-order valence-electron chi connectivity index (χ4n) is 1.17. The molecule has 0 unspecified atom stereocenters. The smallest absolute Gasteiger partial charge is 0.412 e. The molecule has 0 heterocycles. The van der Waals surface area contributed by atoms with Gasteiger partial charge >= 0.3 is 6.09 Å². The van der Waals surface area contributed by atoms with E-state index >= 15 is 0 Å². The number of amides is 1. The topological polar surface area (TPSA) is 47.6 Å². The molecule has 1 amide bonds. The number of nitrogens with one attached hydrogen (secondary N) is 1. The molecule has 0 saturated carbocycles. The zero-order valence-corrected chi connectivity index (χ0v) is 11.9. The van der Waals surface area contributed by atoms with Gasteiger partial charge in [-0.1, -0.05) is 15.9 Å². The monoisotopic (exact) mass is 301 g/mol. The first-order valence-corrected chi connectivity index (χ1v) is 5.94. The van der Waals surface area contributed by atoms with E-state index in [1.807, 2.05) is 20.8 Å². The van der Waals surface area contributed by atoms with Gasteiger partial charge in [0.25, 0.3) is 0 Å². The molecule has 1 rings (SSSR count). The van der Waals surface area contributed by atoms with Crippen molar-refractivity contribution < 1.29 is 14.3 Å². The van der Waals surface area contributed by atoms with Crippen LogP contribution in [0.2, 0.25) is 0 Å². The molecule has 1 aromatic rings. The molecule has 0 spiro atoms. The molecule has 0 bridgehead atoms. The minimum absolute atomic E-state index is 0.488. The second-order valence-electron chi connectivity index (χ2n) is 4.51. The molecule has 5 heteroatoms. The van der Waals surface area contributed by atoms with Crippen LogP contribution in [-0.2, 0) is 4.74 Å². The molecular weight excluding hydrogens is 286 g/mol. The molecule has 0 saturated heterocycles. The molecule has 0 radical (unpaired) electrons. The lowest BCUT2D eigenvalue weighted by Crippen LogP contribution is -2.27. The third-order valence-electron chi connectivity index (χ3n) is 1.75. The number of ether oxygens (including phenoxy) is 2. The summed E-state index contributed by atoms with van der Waals surface area (Å²) in [5.74, 6) is 0.658. The fraction of sp³-hybridized carbons (Fsp3) is 0.417. The van der Waals surface area contributed by atoms with Crippen molar-refractivity contribution in [2.24, 2.45) is 0 Å². The van der Waals surface area contributed by atoms with Crippen LogP contribution in [0.3, 0.4) is 0 Å². The Kier molecular flexibility index (Phi) is 4.40. The van der Waals surface area contributed by atoms with Gasteiger partial charge in [-0.15, -0.1) is 0 Å². The van der Waals surface area contributed by atoms with Crippen LogP contribution in [0.5, 0.6) is 5.75 Å². The van der Waals surface area contributed by atoms with Crippen LogP contribution in [0.1, 0.15) is 20.8 Å². The number of benzene rings is 1. The van der Waals surface area contributed by atoms with E-state index in [9.17, 15) is 4.79 Å². The van der Waals surface area contributed by atoms with Gasteiger partial charge in [-0.3, -0.25) is 5.32 Å². The van der Waals surface area contributed by atoms with Gasteiger partial charge in [-0.2, -0.15) is 0 Å². The van der Waals surface area contributed by atoms with Gasteiger partial charge < -0.3 is 9.47 Å². The van der Waals surface area contributed by atoms with Gasteiger partial charge in [0.1, 0.15) is 11.4 Å². The van der Waals surface area contributed by atoms with E-state index in [0.29, 0.717) is 11.4 Å². The third-order valence-corrected chi connectivity index (χ3v) is 2.21. The van der Waals surface area contributed by atoms with Crippen molar-refractivity contribution in [1.82, 2.24) is 0 Å². The van der Waals surface area contributed by atoms with E-state index in [2.05, 4.69) is 21.2 Å². The lowest BCUT2D eigenvalue weighted by Gasteiger charge is -2.19. The summed E-state index contributed by atoms with van der Waals surface area (Å²) in [7, 11) is 1.57. The third kappa shape index (κ3) is 5.08. The minimum atomic E-state index is -0.514. The highest BCUT2D eigenvalue weighted by atomic mass is 79.9. The predicted octanol–water partition coefficient (Wildman–Crippen LogP) is 3.80. The Bertz CT molecular complexity index is 413. The Labute approximate surface area is 109 Å². The van der Waals surface area contributed by atoms with Gasteiger partial charge in [-0.05, 0) is 32.9 Å². The summed E-state index contributed by atoms with van der Waals surface area (Å²) in [6.45, 7) is 5.44. The summed E-state index contributed by atoms with van der Waals surface area (Å²) >= 11 is 3.33. The van der Waals surface area contributed by atoms with Crippen LogP contribution in [-0.4, -0.2) is 18.8 Å². The van der Waals surface area contributed by atoms with Gasteiger partial charge in [0, 0.05) is 16.2 Å². The molecular formula is C12H16BrNO3. The Hall–Kier alpha value is -1.23. The maximum absolute atomic E-state index is 11.5. The van der Waals surface area contributed by atoms with E-state index in [1.165, 1.54) is 0 Å². The number of anilines is 1. The number of halogens is 1. The highest BCUT2D eigenvalue weighted by Crippen LogP contribution is 2.24. The van der Waals surface area contributed by atoms with Gasteiger partial charge in [-0.25, -0.2) is 4.79 Å². The molecule has 0 aliphatic carbocycles. The van der Waals surface area contributed by atoms with Crippen LogP contribution in [0, 0.1) is 0 Å². The lowest BCUT2D eigenvalue weighted by molar-refractivity contribution is 0.0636. The van der Waals surface area contributed by atoms with Crippen molar-refractivity contribution in [3.63, 3.8) is 0 Å². The van der Waals surface area contributed by atoms with Crippen molar-refractivity contribution in [3.05, 3.63) is 22.7 Å². The summed E-state index contributed by atoms with van der Waals surface area (Å²) in [6.07, 6.45) is -0.488. The maximum Gasteiger partial charge on any atom is 0.412 e. The molecule has 94 valence electrons. The van der Waals surface area contributed by atoms with Gasteiger partial charge in [0.2, 0.25) is 0 Å². The van der Waals surface area contributed by atoms with E-state index in [4.69, 9.17) is 9.47 Å². The first-order chi connectivity index (χ1) is 7.80. The number of hydrogen-bond donors (Lipinski definition) is 1. The van der Waals surface area contributed by atoms with Gasteiger partial charge in [0.05, 0.1) is 7.11 Å². The molecule has 1 N–H and O–H groups in total. The number of rotatable bonds is 2. The normalized spacial score (nSPS) is 10.9. The zero-order valence-electron chi connectivity index (χ0n) is 10.3. The molecule has 0 fully saturated rings. The van der Waals surface area contributed by atoms with Crippen molar-refractivity contribution >= 4 is 27.7 Å². The van der Waals surface area contributed by atoms with Crippen molar-refractivity contribution in [3.8, 4) is 5.75 Å². The van der Waals surface area contributed by atoms with Crippen molar-refractivity contribution in [2.75, 3.05) is 12.4 Å². The van der Waals surface area contributed by atoms with Crippen molar-refractivity contribution in [2.45, 2.75) is 26.4 Å². The van der Waals surface area contributed by atoms with E-state index < -0.39 is 11.7 Å². The SMILES string of the molecule is COc1cc(Br)cc(NC(=O)OC(C)(C)C)c1. The Balaban J connectivity index is 2.74. The molecule has 0 atom stereocenters. The second kappa shape index (κ2) is 5.40. The van der Waals surface area contributed by atoms with Gasteiger partial charge in [0.15, 0.2) is 0 Å². The van der Waals surface area contributed by atoms with Crippen LogP contribution in [0.15, 0.2) is 22.7 Å². The Morgan fingerprint density at radius 1 is 1.29 bits per heavy atom. The zero-order chi connectivity index (χ0) is 13.1. The fourth-order valence-corrected chi connectivity index (χ4v) is 1.65. The molecule has 0 aliphatic heterocycles. The summed E-state index contributed by atoms with van der Waals surface area (Å²) in [4.78, 5) is 11.5. The summed E-state index contributed by atoms with van der Waals surface area (Å²) in [5.41, 5.74) is 0.102. The average Bonchev–Trinajstić information content (AvgIpc) is 2.13. The highest BCUT2D eigenvalue weighted by Gasteiger charge is 2.16. The van der Waals surface area contributed by atoms with Crippen LogP contribution in [0.4, 0.5) is 10.5 Å². The van der Waals surface area contributed by atoms with E-state index in [1.54, 1.807) is 25.3 Å². The molecule has 1 aromatic carbocycles.